The number of benzene rings is 2. The van der Waals surface area contributed by atoms with E-state index in [9.17, 15) is 14.7 Å². The summed E-state index contributed by atoms with van der Waals surface area (Å²) in [5, 5.41) is 11.2. The molecule has 0 spiro atoms. The molecule has 0 saturated carbocycles. The highest BCUT2D eigenvalue weighted by Crippen LogP contribution is 2.41. The highest BCUT2D eigenvalue weighted by Gasteiger charge is 2.47. The predicted octanol–water partition coefficient (Wildman–Crippen LogP) is 4.72. The SMILES string of the molecule is CCOc1ccc(N2C(=O)C(=O)/C(=C(\O)c3ccc(C)c(C)c3)C2c2ccccn2)cc1. The van der Waals surface area contributed by atoms with Crippen LogP contribution in [0.4, 0.5) is 5.69 Å². The lowest BCUT2D eigenvalue weighted by Crippen LogP contribution is -2.29. The van der Waals surface area contributed by atoms with Crippen LogP contribution in [0, 0.1) is 13.8 Å². The van der Waals surface area contributed by atoms with E-state index in [-0.39, 0.29) is 11.3 Å². The second kappa shape index (κ2) is 8.67. The largest absolute Gasteiger partial charge is 0.507 e. The van der Waals surface area contributed by atoms with Crippen LogP contribution in [0.5, 0.6) is 5.75 Å². The van der Waals surface area contributed by atoms with Crippen molar-refractivity contribution < 1.29 is 19.4 Å². The molecule has 2 aromatic carbocycles. The highest BCUT2D eigenvalue weighted by atomic mass is 16.5. The minimum atomic E-state index is -0.851. The van der Waals surface area contributed by atoms with Gasteiger partial charge < -0.3 is 9.84 Å². The van der Waals surface area contributed by atoms with Crippen molar-refractivity contribution in [3.8, 4) is 5.75 Å². The lowest BCUT2D eigenvalue weighted by atomic mass is 9.96. The van der Waals surface area contributed by atoms with Gasteiger partial charge in [0.15, 0.2) is 0 Å². The minimum absolute atomic E-state index is 0.0193. The zero-order valence-electron chi connectivity index (χ0n) is 18.2. The van der Waals surface area contributed by atoms with Gasteiger partial charge in [-0.05, 0) is 74.4 Å². The average Bonchev–Trinajstić information content (AvgIpc) is 3.07. The van der Waals surface area contributed by atoms with Crippen LogP contribution in [0.2, 0.25) is 0 Å². The van der Waals surface area contributed by atoms with Crippen LogP contribution in [0.15, 0.2) is 72.4 Å². The summed E-state index contributed by atoms with van der Waals surface area (Å²) in [6.07, 6.45) is 1.60. The van der Waals surface area contributed by atoms with Gasteiger partial charge in [0.05, 0.1) is 17.9 Å². The van der Waals surface area contributed by atoms with Gasteiger partial charge >= 0.3 is 0 Å². The Bertz CT molecular complexity index is 1200. The van der Waals surface area contributed by atoms with Crippen molar-refractivity contribution in [3.05, 3.63) is 94.8 Å². The number of aromatic nitrogens is 1. The number of carbonyl (C=O) groups is 2. The van der Waals surface area contributed by atoms with E-state index in [1.807, 2.05) is 32.9 Å². The molecule has 162 valence electrons. The predicted molar refractivity (Wildman–Crippen MR) is 123 cm³/mol. The first-order valence-corrected chi connectivity index (χ1v) is 10.4. The molecule has 1 aromatic heterocycles. The van der Waals surface area contributed by atoms with Crippen LogP contribution < -0.4 is 9.64 Å². The Kier molecular flexibility index (Phi) is 5.77. The van der Waals surface area contributed by atoms with E-state index in [0.29, 0.717) is 29.3 Å². The Morgan fingerprint density at radius 2 is 1.78 bits per heavy atom. The molecule has 0 bridgehead atoms. The lowest BCUT2D eigenvalue weighted by molar-refractivity contribution is -0.132. The molecular formula is C26H24N2O4. The van der Waals surface area contributed by atoms with Crippen LogP contribution in [0.3, 0.4) is 0 Å². The Morgan fingerprint density at radius 3 is 2.41 bits per heavy atom. The molecular weight excluding hydrogens is 404 g/mol. The second-order valence-corrected chi connectivity index (χ2v) is 7.65. The number of ether oxygens (including phenoxy) is 1. The first kappa shape index (κ1) is 21.3. The smallest absolute Gasteiger partial charge is 0.300 e. The molecule has 6 heteroatoms. The van der Waals surface area contributed by atoms with Gasteiger partial charge in [0.25, 0.3) is 11.7 Å². The molecule has 0 aliphatic carbocycles. The Balaban J connectivity index is 1.88. The van der Waals surface area contributed by atoms with E-state index < -0.39 is 17.7 Å². The number of aliphatic hydroxyl groups is 1. The molecule has 4 rings (SSSR count). The summed E-state index contributed by atoms with van der Waals surface area (Å²) < 4.78 is 5.49. The van der Waals surface area contributed by atoms with E-state index >= 15 is 0 Å². The summed E-state index contributed by atoms with van der Waals surface area (Å²) in [5.41, 5.74) is 3.56. The Hall–Kier alpha value is -3.93. The number of rotatable bonds is 5. The van der Waals surface area contributed by atoms with Crippen LogP contribution in [0.1, 0.15) is 35.3 Å². The number of amides is 1. The molecule has 1 atom stereocenters. The number of aryl methyl sites for hydroxylation is 2. The van der Waals surface area contributed by atoms with E-state index in [1.54, 1.807) is 54.7 Å². The van der Waals surface area contributed by atoms with Gasteiger partial charge in [-0.3, -0.25) is 19.5 Å². The molecule has 1 amide bonds. The van der Waals surface area contributed by atoms with Crippen molar-refractivity contribution in [2.45, 2.75) is 26.8 Å². The standard InChI is InChI=1S/C26H24N2O4/c1-4-32-20-12-10-19(11-13-20)28-23(21-7-5-6-14-27-21)22(25(30)26(28)31)24(29)18-9-8-16(2)17(3)15-18/h5-15,23,29H,4H2,1-3H3/b24-22-. The summed E-state index contributed by atoms with van der Waals surface area (Å²) >= 11 is 0. The molecule has 1 unspecified atom stereocenters. The quantitative estimate of drug-likeness (QED) is 0.361. The van der Waals surface area contributed by atoms with E-state index in [1.165, 1.54) is 4.90 Å². The molecule has 2 heterocycles. The number of nitrogens with zero attached hydrogens (tertiary/aromatic N) is 2. The summed E-state index contributed by atoms with van der Waals surface area (Å²) in [7, 11) is 0. The third kappa shape index (κ3) is 3.75. The van der Waals surface area contributed by atoms with Gasteiger partial charge in [-0.15, -0.1) is 0 Å². The van der Waals surface area contributed by atoms with E-state index in [4.69, 9.17) is 4.74 Å². The second-order valence-electron chi connectivity index (χ2n) is 7.65. The number of aliphatic hydroxyl groups excluding tert-OH is 1. The lowest BCUT2D eigenvalue weighted by Gasteiger charge is -2.24. The summed E-state index contributed by atoms with van der Waals surface area (Å²) in [5.74, 6) is -1.01. The van der Waals surface area contributed by atoms with Crippen LogP contribution in [-0.2, 0) is 9.59 Å². The fraction of sp³-hybridized carbons (Fsp3) is 0.192. The molecule has 3 aromatic rings. The van der Waals surface area contributed by atoms with E-state index in [0.717, 1.165) is 11.1 Å². The van der Waals surface area contributed by atoms with Gasteiger partial charge in [0, 0.05) is 17.4 Å². The monoisotopic (exact) mass is 428 g/mol. The van der Waals surface area contributed by atoms with Gasteiger partial charge in [-0.25, -0.2) is 0 Å². The summed E-state index contributed by atoms with van der Waals surface area (Å²) in [6, 6.07) is 16.8. The Morgan fingerprint density at radius 1 is 1.03 bits per heavy atom. The van der Waals surface area contributed by atoms with E-state index in [2.05, 4.69) is 4.98 Å². The maximum atomic E-state index is 13.1. The Labute approximate surface area is 186 Å². The molecule has 1 aliphatic heterocycles. The topological polar surface area (TPSA) is 79.7 Å². The summed E-state index contributed by atoms with van der Waals surface area (Å²) in [4.78, 5) is 32.1. The fourth-order valence-corrected chi connectivity index (χ4v) is 3.83. The molecule has 1 fully saturated rings. The fourth-order valence-electron chi connectivity index (χ4n) is 3.83. The van der Waals surface area contributed by atoms with Crippen molar-refractivity contribution in [1.82, 2.24) is 4.98 Å². The third-order valence-corrected chi connectivity index (χ3v) is 5.62. The highest BCUT2D eigenvalue weighted by molar-refractivity contribution is 6.51. The number of ketones is 1. The maximum absolute atomic E-state index is 13.1. The summed E-state index contributed by atoms with van der Waals surface area (Å²) in [6.45, 7) is 6.31. The van der Waals surface area contributed by atoms with Gasteiger partial charge in [0.1, 0.15) is 17.6 Å². The minimum Gasteiger partial charge on any atom is -0.507 e. The molecule has 6 nitrogen and oxygen atoms in total. The number of hydrogen-bond donors (Lipinski definition) is 1. The number of anilines is 1. The van der Waals surface area contributed by atoms with Crippen molar-refractivity contribution in [3.63, 3.8) is 0 Å². The molecule has 1 saturated heterocycles. The first-order valence-electron chi connectivity index (χ1n) is 10.4. The molecule has 1 aliphatic rings. The number of hydrogen-bond acceptors (Lipinski definition) is 5. The zero-order chi connectivity index (χ0) is 22.8. The molecule has 1 N–H and O–H groups in total. The zero-order valence-corrected chi connectivity index (χ0v) is 18.2. The number of carbonyl (C=O) groups excluding carboxylic acids is 2. The van der Waals surface area contributed by atoms with Gasteiger partial charge in [-0.2, -0.15) is 0 Å². The van der Waals surface area contributed by atoms with Crippen molar-refractivity contribution in [2.24, 2.45) is 0 Å². The van der Waals surface area contributed by atoms with Crippen LogP contribution in [-0.4, -0.2) is 28.4 Å². The number of pyridine rings is 1. The molecule has 32 heavy (non-hydrogen) atoms. The average molecular weight is 428 g/mol. The first-order chi connectivity index (χ1) is 15.4. The van der Waals surface area contributed by atoms with Crippen molar-refractivity contribution in [2.75, 3.05) is 11.5 Å². The van der Waals surface area contributed by atoms with Crippen molar-refractivity contribution >= 4 is 23.1 Å². The maximum Gasteiger partial charge on any atom is 0.300 e. The molecule has 0 radical (unpaired) electrons. The number of Topliss-reactive ketones (excluding diaryl/α,β-unsaturated/α-hetero) is 1. The van der Waals surface area contributed by atoms with Crippen molar-refractivity contribution in [1.29, 1.82) is 0 Å². The van der Waals surface area contributed by atoms with Gasteiger partial charge in [0.2, 0.25) is 0 Å². The van der Waals surface area contributed by atoms with Gasteiger partial charge in [-0.1, -0.05) is 18.2 Å². The normalized spacial score (nSPS) is 17.6. The third-order valence-electron chi connectivity index (χ3n) is 5.62. The van der Waals surface area contributed by atoms with Crippen LogP contribution in [0.25, 0.3) is 5.76 Å². The van der Waals surface area contributed by atoms with Crippen LogP contribution >= 0.6 is 0 Å².